The Labute approximate surface area is 158 Å². The summed E-state index contributed by atoms with van der Waals surface area (Å²) < 4.78 is 0. The monoisotopic (exact) mass is 366 g/mol. The van der Waals surface area contributed by atoms with E-state index < -0.39 is 0 Å². The summed E-state index contributed by atoms with van der Waals surface area (Å²) in [4.78, 5) is 44.9. The number of carbonyl (C=O) groups is 4. The number of amides is 2. The summed E-state index contributed by atoms with van der Waals surface area (Å²) in [7, 11) is 0. The lowest BCUT2D eigenvalue weighted by atomic mass is 10.1. The summed E-state index contributed by atoms with van der Waals surface area (Å²) in [5.41, 5.74) is 2.44. The van der Waals surface area contributed by atoms with E-state index in [0.717, 1.165) is 19.0 Å². The summed E-state index contributed by atoms with van der Waals surface area (Å²) in [5.74, 6) is -0.179. The predicted molar refractivity (Wildman–Crippen MR) is 104 cm³/mol. The van der Waals surface area contributed by atoms with Gasteiger partial charge in [-0.05, 0) is 61.4 Å². The van der Waals surface area contributed by atoms with Gasteiger partial charge in [-0.3, -0.25) is 19.2 Å². The van der Waals surface area contributed by atoms with Crippen molar-refractivity contribution >= 4 is 35.8 Å². The zero-order valence-corrected chi connectivity index (χ0v) is 14.9. The highest BCUT2D eigenvalue weighted by molar-refractivity contribution is 5.91. The van der Waals surface area contributed by atoms with Crippen molar-refractivity contribution in [2.75, 3.05) is 10.6 Å². The Balaban J connectivity index is 1.59. The van der Waals surface area contributed by atoms with Gasteiger partial charge in [0.2, 0.25) is 11.8 Å². The van der Waals surface area contributed by atoms with Crippen molar-refractivity contribution in [1.82, 2.24) is 0 Å². The van der Waals surface area contributed by atoms with Gasteiger partial charge in [0.05, 0.1) is 0 Å². The first kappa shape index (κ1) is 20.0. The number of rotatable bonds is 10. The van der Waals surface area contributed by atoms with E-state index in [2.05, 4.69) is 10.6 Å². The van der Waals surface area contributed by atoms with Crippen molar-refractivity contribution in [3.05, 3.63) is 59.7 Å². The lowest BCUT2D eigenvalue weighted by Gasteiger charge is -2.06. The molecule has 2 amide bonds. The van der Waals surface area contributed by atoms with E-state index in [0.29, 0.717) is 48.2 Å². The number of benzene rings is 2. The minimum Gasteiger partial charge on any atom is -0.326 e. The Hall–Kier alpha value is -3.28. The first-order valence-corrected chi connectivity index (χ1v) is 8.81. The van der Waals surface area contributed by atoms with E-state index in [1.807, 2.05) is 0 Å². The molecule has 0 aromatic heterocycles. The van der Waals surface area contributed by atoms with E-state index in [9.17, 15) is 19.2 Å². The Morgan fingerprint density at radius 3 is 1.33 bits per heavy atom. The molecule has 0 aliphatic heterocycles. The maximum atomic E-state index is 11.9. The molecule has 27 heavy (non-hydrogen) atoms. The van der Waals surface area contributed by atoms with Gasteiger partial charge in [-0.15, -0.1) is 0 Å². The van der Waals surface area contributed by atoms with Crippen LogP contribution in [0.25, 0.3) is 0 Å². The van der Waals surface area contributed by atoms with Crippen molar-refractivity contribution in [3.63, 3.8) is 0 Å². The van der Waals surface area contributed by atoms with Gasteiger partial charge < -0.3 is 10.6 Å². The van der Waals surface area contributed by atoms with Crippen molar-refractivity contribution in [2.45, 2.75) is 32.1 Å². The molecule has 0 heterocycles. The van der Waals surface area contributed by atoms with Crippen LogP contribution in [0.2, 0.25) is 0 Å². The molecule has 0 bridgehead atoms. The molecule has 0 radical (unpaired) electrons. The van der Waals surface area contributed by atoms with Gasteiger partial charge in [0.1, 0.15) is 12.6 Å². The molecule has 0 fully saturated rings. The normalized spacial score (nSPS) is 10.1. The molecule has 0 spiro atoms. The molecular formula is C21H22N2O4. The van der Waals surface area contributed by atoms with E-state index >= 15 is 0 Å². The number of nitrogens with one attached hydrogen (secondary N) is 2. The van der Waals surface area contributed by atoms with Gasteiger partial charge in [0.25, 0.3) is 0 Å². The molecule has 2 N–H and O–H groups in total. The van der Waals surface area contributed by atoms with Crippen molar-refractivity contribution in [1.29, 1.82) is 0 Å². The van der Waals surface area contributed by atoms with Crippen LogP contribution in [0.1, 0.15) is 52.8 Å². The number of hydrogen-bond acceptors (Lipinski definition) is 4. The average molecular weight is 366 g/mol. The zero-order valence-electron chi connectivity index (χ0n) is 14.9. The van der Waals surface area contributed by atoms with Crippen LogP contribution in [0, 0.1) is 0 Å². The van der Waals surface area contributed by atoms with E-state index in [4.69, 9.17) is 0 Å². The van der Waals surface area contributed by atoms with Gasteiger partial charge in [0.15, 0.2) is 0 Å². The summed E-state index contributed by atoms with van der Waals surface area (Å²) in [6.45, 7) is 0. The molecule has 0 aliphatic rings. The Morgan fingerprint density at radius 1 is 0.630 bits per heavy atom. The third-order valence-corrected chi connectivity index (χ3v) is 3.97. The first-order chi connectivity index (χ1) is 13.1. The molecular weight excluding hydrogens is 344 g/mol. The maximum absolute atomic E-state index is 11.9. The fourth-order valence-electron chi connectivity index (χ4n) is 2.48. The fraction of sp³-hybridized carbons (Fsp3) is 0.238. The number of aldehydes is 2. The molecule has 0 atom stereocenters. The molecule has 140 valence electrons. The fourth-order valence-corrected chi connectivity index (χ4v) is 2.48. The second-order valence-corrected chi connectivity index (χ2v) is 6.14. The highest BCUT2D eigenvalue weighted by Gasteiger charge is 2.05. The van der Waals surface area contributed by atoms with E-state index in [-0.39, 0.29) is 11.8 Å². The molecule has 0 saturated carbocycles. The summed E-state index contributed by atoms with van der Waals surface area (Å²) in [6.07, 6.45) is 4.42. The standard InChI is InChI=1S/C21H22N2O4/c24-14-16-6-10-18(11-7-16)22-20(26)4-2-1-3-5-21(27)23-19-12-8-17(15-25)9-13-19/h6-15H,1-5H2,(H,22,26)(H,23,27). The number of hydrogen-bond donors (Lipinski definition) is 2. The number of carbonyl (C=O) groups excluding carboxylic acids is 4. The van der Waals surface area contributed by atoms with Gasteiger partial charge >= 0.3 is 0 Å². The second kappa shape index (κ2) is 10.7. The van der Waals surface area contributed by atoms with Crippen LogP contribution in [0.15, 0.2) is 48.5 Å². The molecule has 0 saturated heterocycles. The summed E-state index contributed by atoms with van der Waals surface area (Å²) >= 11 is 0. The van der Waals surface area contributed by atoms with Crippen LogP contribution in [0.4, 0.5) is 11.4 Å². The molecule has 6 heteroatoms. The highest BCUT2D eigenvalue weighted by Crippen LogP contribution is 2.12. The molecule has 2 aromatic rings. The average Bonchev–Trinajstić information content (AvgIpc) is 2.69. The van der Waals surface area contributed by atoms with Crippen molar-refractivity contribution in [3.8, 4) is 0 Å². The zero-order chi connectivity index (χ0) is 19.5. The maximum Gasteiger partial charge on any atom is 0.224 e. The van der Waals surface area contributed by atoms with E-state index in [1.165, 1.54) is 0 Å². The van der Waals surface area contributed by atoms with Crippen LogP contribution in [-0.4, -0.2) is 24.4 Å². The third-order valence-electron chi connectivity index (χ3n) is 3.97. The largest absolute Gasteiger partial charge is 0.326 e. The number of anilines is 2. The second-order valence-electron chi connectivity index (χ2n) is 6.14. The summed E-state index contributed by atoms with van der Waals surface area (Å²) in [6, 6.07) is 13.3. The topological polar surface area (TPSA) is 92.3 Å². The third kappa shape index (κ3) is 7.23. The van der Waals surface area contributed by atoms with Crippen molar-refractivity contribution < 1.29 is 19.2 Å². The molecule has 0 unspecified atom stereocenters. The molecule has 2 rings (SSSR count). The van der Waals surface area contributed by atoms with Crippen LogP contribution in [0.5, 0.6) is 0 Å². The van der Waals surface area contributed by atoms with Crippen LogP contribution in [-0.2, 0) is 9.59 Å². The van der Waals surface area contributed by atoms with Crippen LogP contribution in [0.3, 0.4) is 0 Å². The number of unbranched alkanes of at least 4 members (excludes halogenated alkanes) is 2. The quantitative estimate of drug-likeness (QED) is 0.494. The highest BCUT2D eigenvalue weighted by atomic mass is 16.2. The predicted octanol–water partition coefficient (Wildman–Crippen LogP) is 3.84. The SMILES string of the molecule is O=Cc1ccc(NC(=O)CCCCCC(=O)Nc2ccc(C=O)cc2)cc1. The van der Waals surface area contributed by atoms with Gasteiger partial charge in [-0.1, -0.05) is 6.42 Å². The van der Waals surface area contributed by atoms with Gasteiger partial charge in [-0.2, -0.15) is 0 Å². The first-order valence-electron chi connectivity index (χ1n) is 8.81. The molecule has 2 aromatic carbocycles. The minimum atomic E-state index is -0.0893. The Bertz CT molecular complexity index is 715. The smallest absolute Gasteiger partial charge is 0.224 e. The van der Waals surface area contributed by atoms with Gasteiger partial charge in [-0.25, -0.2) is 0 Å². The molecule has 0 aliphatic carbocycles. The minimum absolute atomic E-state index is 0.0893. The van der Waals surface area contributed by atoms with E-state index in [1.54, 1.807) is 48.5 Å². The van der Waals surface area contributed by atoms with Crippen LogP contribution >= 0.6 is 0 Å². The Kier molecular flexibility index (Phi) is 7.91. The summed E-state index contributed by atoms with van der Waals surface area (Å²) in [5, 5.41) is 5.55. The van der Waals surface area contributed by atoms with Gasteiger partial charge in [0, 0.05) is 35.3 Å². The van der Waals surface area contributed by atoms with Crippen LogP contribution < -0.4 is 10.6 Å². The Morgan fingerprint density at radius 2 is 1.00 bits per heavy atom. The van der Waals surface area contributed by atoms with Crippen molar-refractivity contribution in [2.24, 2.45) is 0 Å². The lowest BCUT2D eigenvalue weighted by Crippen LogP contribution is -2.12. The molecule has 6 nitrogen and oxygen atoms in total. The lowest BCUT2D eigenvalue weighted by molar-refractivity contribution is -0.116.